The first-order valence-corrected chi connectivity index (χ1v) is 7.43. The average molecular weight is 294 g/mol. The number of benzene rings is 1. The predicted octanol–water partition coefficient (Wildman–Crippen LogP) is 3.67. The molecule has 0 saturated heterocycles. The summed E-state index contributed by atoms with van der Waals surface area (Å²) >= 11 is 5.92. The Morgan fingerprint density at radius 2 is 1.90 bits per heavy atom. The van der Waals surface area contributed by atoms with E-state index in [2.05, 4.69) is 17.2 Å². The molecular weight excluding hydrogens is 274 g/mol. The maximum Gasteiger partial charge on any atom is 0.116 e. The maximum absolute atomic E-state index is 9.42. The van der Waals surface area contributed by atoms with Crippen molar-refractivity contribution < 1.29 is 5.11 Å². The van der Waals surface area contributed by atoms with Crippen LogP contribution in [-0.4, -0.2) is 20.1 Å². The first-order chi connectivity index (χ1) is 9.76. The molecule has 0 fully saturated rings. The number of aromatic nitrogens is 3. The van der Waals surface area contributed by atoms with Gasteiger partial charge in [-0.3, -0.25) is 0 Å². The van der Waals surface area contributed by atoms with Gasteiger partial charge in [0.1, 0.15) is 5.69 Å². The van der Waals surface area contributed by atoms with Gasteiger partial charge in [0.05, 0.1) is 12.3 Å². The Hall–Kier alpha value is -1.39. The van der Waals surface area contributed by atoms with Gasteiger partial charge in [0.2, 0.25) is 0 Å². The van der Waals surface area contributed by atoms with Crippen molar-refractivity contribution in [3.05, 3.63) is 35.0 Å². The van der Waals surface area contributed by atoms with Gasteiger partial charge in [-0.05, 0) is 18.6 Å². The molecule has 0 amide bonds. The van der Waals surface area contributed by atoms with Crippen LogP contribution in [0.2, 0.25) is 5.02 Å². The molecule has 0 radical (unpaired) electrons. The third kappa shape index (κ3) is 3.58. The largest absolute Gasteiger partial charge is 0.390 e. The number of hydrogen-bond donors (Lipinski definition) is 1. The van der Waals surface area contributed by atoms with E-state index in [1.807, 2.05) is 28.9 Å². The van der Waals surface area contributed by atoms with E-state index in [1.54, 1.807) is 0 Å². The summed E-state index contributed by atoms with van der Waals surface area (Å²) in [6.07, 6.45) is 4.70. The van der Waals surface area contributed by atoms with Crippen molar-refractivity contribution in [2.24, 2.45) is 0 Å². The molecule has 1 N–H and O–H groups in total. The lowest BCUT2D eigenvalue weighted by Gasteiger charge is -2.08. The molecule has 0 atom stereocenters. The molecule has 2 rings (SSSR count). The normalized spacial score (nSPS) is 10.9. The molecule has 2 aromatic rings. The summed E-state index contributed by atoms with van der Waals surface area (Å²) in [6, 6.07) is 7.55. The molecule has 0 bridgehead atoms. The third-order valence-corrected chi connectivity index (χ3v) is 3.55. The molecule has 20 heavy (non-hydrogen) atoms. The van der Waals surface area contributed by atoms with Gasteiger partial charge < -0.3 is 5.11 Å². The van der Waals surface area contributed by atoms with Crippen LogP contribution in [-0.2, 0) is 13.2 Å². The molecule has 0 aliphatic carbocycles. The lowest BCUT2D eigenvalue weighted by atomic mass is 10.1. The molecule has 0 aliphatic rings. The Kier molecular flexibility index (Phi) is 5.56. The summed E-state index contributed by atoms with van der Waals surface area (Å²) in [4.78, 5) is 0. The van der Waals surface area contributed by atoms with E-state index < -0.39 is 0 Å². The fourth-order valence-corrected chi connectivity index (χ4v) is 2.35. The van der Waals surface area contributed by atoms with Crippen molar-refractivity contribution in [2.75, 3.05) is 0 Å². The predicted molar refractivity (Wildman–Crippen MR) is 80.5 cm³/mol. The summed E-state index contributed by atoms with van der Waals surface area (Å²) in [6.45, 7) is 2.91. The summed E-state index contributed by atoms with van der Waals surface area (Å²) in [7, 11) is 0. The lowest BCUT2D eigenvalue weighted by molar-refractivity contribution is 0.277. The molecular formula is C15H20ClN3O. The Balaban J connectivity index is 2.20. The average Bonchev–Trinajstić information content (AvgIpc) is 2.87. The van der Waals surface area contributed by atoms with Crippen molar-refractivity contribution >= 4 is 11.6 Å². The van der Waals surface area contributed by atoms with Crippen LogP contribution >= 0.6 is 11.6 Å². The molecule has 1 aromatic heterocycles. The summed E-state index contributed by atoms with van der Waals surface area (Å²) in [5.41, 5.74) is 2.49. The second kappa shape index (κ2) is 7.41. The quantitative estimate of drug-likeness (QED) is 0.792. The van der Waals surface area contributed by atoms with E-state index in [1.165, 1.54) is 19.3 Å². The van der Waals surface area contributed by atoms with Gasteiger partial charge in [0.15, 0.2) is 0 Å². The second-order valence-corrected chi connectivity index (χ2v) is 5.27. The monoisotopic (exact) mass is 293 g/mol. The Morgan fingerprint density at radius 3 is 2.55 bits per heavy atom. The smallest absolute Gasteiger partial charge is 0.116 e. The van der Waals surface area contributed by atoms with Gasteiger partial charge in [0.25, 0.3) is 0 Å². The van der Waals surface area contributed by atoms with Crippen LogP contribution in [0.5, 0.6) is 0 Å². The van der Waals surface area contributed by atoms with Crippen LogP contribution in [0.1, 0.15) is 38.3 Å². The van der Waals surface area contributed by atoms with Crippen molar-refractivity contribution in [3.63, 3.8) is 0 Å². The first-order valence-electron chi connectivity index (χ1n) is 7.05. The number of aliphatic hydroxyl groups excluding tert-OH is 1. The number of halogens is 1. The Labute approximate surface area is 124 Å². The molecule has 0 aliphatic heterocycles. The van der Waals surface area contributed by atoms with Crippen molar-refractivity contribution in [3.8, 4) is 11.3 Å². The first kappa shape index (κ1) is 15.0. The summed E-state index contributed by atoms with van der Waals surface area (Å²) in [5, 5.41) is 18.3. The zero-order valence-electron chi connectivity index (χ0n) is 11.7. The highest BCUT2D eigenvalue weighted by Crippen LogP contribution is 2.24. The minimum absolute atomic E-state index is 0.104. The molecule has 1 aromatic carbocycles. The van der Waals surface area contributed by atoms with Gasteiger partial charge in [0, 0.05) is 17.1 Å². The van der Waals surface area contributed by atoms with Crippen molar-refractivity contribution in [1.82, 2.24) is 15.0 Å². The van der Waals surface area contributed by atoms with Crippen LogP contribution in [0.15, 0.2) is 24.3 Å². The topological polar surface area (TPSA) is 50.9 Å². The van der Waals surface area contributed by atoms with E-state index >= 15 is 0 Å². The highest BCUT2D eigenvalue weighted by Gasteiger charge is 2.13. The highest BCUT2D eigenvalue weighted by molar-refractivity contribution is 6.30. The van der Waals surface area contributed by atoms with Gasteiger partial charge in [-0.2, -0.15) is 0 Å². The SMILES string of the molecule is CCCCCCn1nnc(CO)c1-c1ccc(Cl)cc1. The molecule has 0 spiro atoms. The second-order valence-electron chi connectivity index (χ2n) is 4.83. The number of aryl methyl sites for hydroxylation is 1. The third-order valence-electron chi connectivity index (χ3n) is 3.30. The van der Waals surface area contributed by atoms with E-state index in [4.69, 9.17) is 11.6 Å². The molecule has 4 nitrogen and oxygen atoms in total. The van der Waals surface area contributed by atoms with Crippen LogP contribution in [0.25, 0.3) is 11.3 Å². The summed E-state index contributed by atoms with van der Waals surface area (Å²) < 4.78 is 1.88. The molecule has 108 valence electrons. The van der Waals surface area contributed by atoms with E-state index in [0.717, 1.165) is 24.2 Å². The zero-order valence-corrected chi connectivity index (χ0v) is 12.5. The fraction of sp³-hybridized carbons (Fsp3) is 0.467. The van der Waals surface area contributed by atoms with E-state index in [0.29, 0.717) is 10.7 Å². The zero-order chi connectivity index (χ0) is 14.4. The standard InChI is InChI=1S/C15H20ClN3O/c1-2-3-4-5-10-19-15(14(11-20)17-18-19)12-6-8-13(16)9-7-12/h6-9,20H,2-5,10-11H2,1H3. The minimum Gasteiger partial charge on any atom is -0.390 e. The Bertz CT molecular complexity index is 537. The molecule has 0 unspecified atom stereocenters. The van der Waals surface area contributed by atoms with Gasteiger partial charge in [-0.1, -0.05) is 55.1 Å². The van der Waals surface area contributed by atoms with Crippen molar-refractivity contribution in [1.29, 1.82) is 0 Å². The number of hydrogen-bond acceptors (Lipinski definition) is 3. The number of aliphatic hydroxyl groups is 1. The molecule has 0 saturated carbocycles. The van der Waals surface area contributed by atoms with Crippen LogP contribution in [0.3, 0.4) is 0 Å². The van der Waals surface area contributed by atoms with Gasteiger partial charge >= 0.3 is 0 Å². The lowest BCUT2D eigenvalue weighted by Crippen LogP contribution is -2.03. The number of rotatable bonds is 7. The van der Waals surface area contributed by atoms with E-state index in [-0.39, 0.29) is 6.61 Å². The van der Waals surface area contributed by atoms with Crippen molar-refractivity contribution in [2.45, 2.75) is 45.8 Å². The van der Waals surface area contributed by atoms with Crippen LogP contribution < -0.4 is 0 Å². The van der Waals surface area contributed by atoms with Gasteiger partial charge in [-0.25, -0.2) is 4.68 Å². The molecule has 5 heteroatoms. The van der Waals surface area contributed by atoms with Crippen LogP contribution in [0.4, 0.5) is 0 Å². The van der Waals surface area contributed by atoms with Crippen LogP contribution in [0, 0.1) is 0 Å². The number of unbranched alkanes of at least 4 members (excludes halogenated alkanes) is 3. The fourth-order valence-electron chi connectivity index (χ4n) is 2.22. The molecule has 1 heterocycles. The number of nitrogens with zero attached hydrogens (tertiary/aromatic N) is 3. The Morgan fingerprint density at radius 1 is 1.15 bits per heavy atom. The van der Waals surface area contributed by atoms with Gasteiger partial charge in [-0.15, -0.1) is 5.10 Å². The minimum atomic E-state index is -0.104. The maximum atomic E-state index is 9.42. The highest BCUT2D eigenvalue weighted by atomic mass is 35.5. The van der Waals surface area contributed by atoms with E-state index in [9.17, 15) is 5.11 Å². The summed E-state index contributed by atoms with van der Waals surface area (Å²) in [5.74, 6) is 0.